The summed E-state index contributed by atoms with van der Waals surface area (Å²) in [7, 11) is 4.09. The summed E-state index contributed by atoms with van der Waals surface area (Å²) in [5, 5.41) is 9.29. The van der Waals surface area contributed by atoms with E-state index in [9.17, 15) is 9.90 Å². The maximum absolute atomic E-state index is 11.3. The number of hydrogen-bond donors (Lipinski definition) is 1. The summed E-state index contributed by atoms with van der Waals surface area (Å²) in [5.74, 6) is -0.271. The summed E-state index contributed by atoms with van der Waals surface area (Å²) in [6.07, 6.45) is 1.18. The first-order valence-electron chi connectivity index (χ1n) is 6.40. The Bertz CT molecular complexity index is 479. The van der Waals surface area contributed by atoms with Crippen LogP contribution in [0.2, 0.25) is 0 Å². The second-order valence-corrected chi connectivity index (χ2v) is 6.18. The maximum atomic E-state index is 11.3. The summed E-state index contributed by atoms with van der Waals surface area (Å²) in [4.78, 5) is 15.7. The number of nitrogens with zero attached hydrogens (tertiary/aromatic N) is 2. The predicted octanol–water partition coefficient (Wildman–Crippen LogP) is 2.54. The fraction of sp³-hybridized carbons (Fsp3) is 0.500. The van der Waals surface area contributed by atoms with Crippen molar-refractivity contribution in [3.8, 4) is 0 Å². The lowest BCUT2D eigenvalue weighted by atomic mass is 10.1. The van der Waals surface area contributed by atoms with Gasteiger partial charge < -0.3 is 14.9 Å². The van der Waals surface area contributed by atoms with Crippen LogP contribution in [0.3, 0.4) is 0 Å². The average Bonchev–Trinajstić information content (AvgIpc) is 2.74. The summed E-state index contributed by atoms with van der Waals surface area (Å²) in [6, 6.07) is 5.42. The molecule has 1 heterocycles. The van der Waals surface area contributed by atoms with E-state index in [0.29, 0.717) is 11.5 Å². The highest BCUT2D eigenvalue weighted by Crippen LogP contribution is 2.26. The van der Waals surface area contributed by atoms with Crippen LogP contribution >= 0.6 is 15.9 Å². The van der Waals surface area contributed by atoms with E-state index in [4.69, 9.17) is 0 Å². The third-order valence-electron chi connectivity index (χ3n) is 3.62. The summed E-state index contributed by atoms with van der Waals surface area (Å²) in [5.41, 5.74) is 1.13. The molecule has 0 spiro atoms. The van der Waals surface area contributed by atoms with Gasteiger partial charge in [-0.1, -0.05) is 15.9 Å². The predicted molar refractivity (Wildman–Crippen MR) is 80.0 cm³/mol. The second kappa shape index (κ2) is 5.92. The van der Waals surface area contributed by atoms with Gasteiger partial charge in [0.05, 0.1) is 11.3 Å². The summed E-state index contributed by atoms with van der Waals surface area (Å²) >= 11 is 3.32. The quantitative estimate of drug-likeness (QED) is 0.923. The topological polar surface area (TPSA) is 43.8 Å². The standard InChI is InChI=1S/C14H19BrN2O2/c1-16-6-5-10(8-16)9-17(2)13-4-3-11(15)7-12(13)14(18)19/h3-4,7,10H,5-6,8-9H2,1-2H3,(H,18,19). The van der Waals surface area contributed by atoms with Gasteiger partial charge in [0.1, 0.15) is 0 Å². The fourth-order valence-electron chi connectivity index (χ4n) is 2.67. The van der Waals surface area contributed by atoms with Crippen LogP contribution in [-0.4, -0.2) is 49.7 Å². The van der Waals surface area contributed by atoms with Gasteiger partial charge in [-0.25, -0.2) is 4.79 Å². The molecule has 1 atom stereocenters. The molecule has 1 aromatic carbocycles. The highest BCUT2D eigenvalue weighted by Gasteiger charge is 2.22. The summed E-state index contributed by atoms with van der Waals surface area (Å²) < 4.78 is 0.794. The van der Waals surface area contributed by atoms with Crippen LogP contribution in [0.1, 0.15) is 16.8 Å². The van der Waals surface area contributed by atoms with Crippen molar-refractivity contribution in [3.05, 3.63) is 28.2 Å². The Hall–Kier alpha value is -1.07. The number of carboxylic acid groups (broad SMARTS) is 1. The van der Waals surface area contributed by atoms with Crippen molar-refractivity contribution in [1.29, 1.82) is 0 Å². The van der Waals surface area contributed by atoms with Gasteiger partial charge in [-0.15, -0.1) is 0 Å². The van der Waals surface area contributed by atoms with Crippen LogP contribution in [-0.2, 0) is 0 Å². The van der Waals surface area contributed by atoms with Crippen LogP contribution in [0.4, 0.5) is 5.69 Å². The number of anilines is 1. The minimum Gasteiger partial charge on any atom is -0.478 e. The second-order valence-electron chi connectivity index (χ2n) is 5.26. The number of carbonyl (C=O) groups is 1. The van der Waals surface area contributed by atoms with Crippen LogP contribution < -0.4 is 4.90 Å². The van der Waals surface area contributed by atoms with Crippen LogP contribution in [0.25, 0.3) is 0 Å². The summed E-state index contributed by atoms with van der Waals surface area (Å²) in [6.45, 7) is 3.11. The van der Waals surface area contributed by atoms with Crippen molar-refractivity contribution in [2.24, 2.45) is 5.92 Å². The Morgan fingerprint density at radius 2 is 2.32 bits per heavy atom. The third-order valence-corrected chi connectivity index (χ3v) is 4.11. The molecular weight excluding hydrogens is 308 g/mol. The van der Waals surface area contributed by atoms with Gasteiger partial charge in [-0.3, -0.25) is 0 Å². The van der Waals surface area contributed by atoms with E-state index < -0.39 is 5.97 Å². The van der Waals surface area contributed by atoms with Gasteiger partial charge in [-0.05, 0) is 44.1 Å². The van der Waals surface area contributed by atoms with Gasteiger partial charge in [0, 0.05) is 24.6 Å². The van der Waals surface area contributed by atoms with Crippen molar-refractivity contribution in [1.82, 2.24) is 4.90 Å². The van der Waals surface area contributed by atoms with Crippen molar-refractivity contribution < 1.29 is 9.90 Å². The molecule has 19 heavy (non-hydrogen) atoms. The van der Waals surface area contributed by atoms with Crippen LogP contribution in [0.15, 0.2) is 22.7 Å². The van der Waals surface area contributed by atoms with Crippen molar-refractivity contribution in [2.75, 3.05) is 38.6 Å². The Kier molecular flexibility index (Phi) is 4.47. The molecule has 0 saturated carbocycles. The lowest BCUT2D eigenvalue weighted by molar-refractivity contribution is 0.0697. The van der Waals surface area contributed by atoms with Gasteiger partial charge in [-0.2, -0.15) is 0 Å². The zero-order chi connectivity index (χ0) is 14.0. The lowest BCUT2D eigenvalue weighted by Gasteiger charge is -2.24. The molecule has 0 amide bonds. The highest BCUT2D eigenvalue weighted by molar-refractivity contribution is 9.10. The molecule has 0 radical (unpaired) electrons. The molecular formula is C14H19BrN2O2. The molecule has 1 aliphatic rings. The Labute approximate surface area is 122 Å². The Morgan fingerprint density at radius 3 is 2.89 bits per heavy atom. The third kappa shape index (κ3) is 3.48. The van der Waals surface area contributed by atoms with E-state index in [1.165, 1.54) is 6.42 Å². The molecule has 2 rings (SSSR count). The molecule has 5 heteroatoms. The number of benzene rings is 1. The molecule has 1 aliphatic heterocycles. The minimum absolute atomic E-state index is 0.350. The van der Waals surface area contributed by atoms with E-state index >= 15 is 0 Å². The van der Waals surface area contributed by atoms with Crippen LogP contribution in [0, 0.1) is 5.92 Å². The van der Waals surface area contributed by atoms with E-state index in [1.807, 2.05) is 19.2 Å². The Balaban J connectivity index is 2.14. The number of likely N-dealkylation sites (tertiary alicyclic amines) is 1. The van der Waals surface area contributed by atoms with Gasteiger partial charge in [0.2, 0.25) is 0 Å². The zero-order valence-electron chi connectivity index (χ0n) is 11.3. The molecule has 1 N–H and O–H groups in total. The van der Waals surface area contributed by atoms with E-state index in [2.05, 4.69) is 32.8 Å². The first-order valence-corrected chi connectivity index (χ1v) is 7.19. The number of aromatic carboxylic acids is 1. The Morgan fingerprint density at radius 1 is 1.58 bits per heavy atom. The molecule has 1 aromatic rings. The van der Waals surface area contributed by atoms with E-state index in [-0.39, 0.29) is 0 Å². The van der Waals surface area contributed by atoms with Crippen LogP contribution in [0.5, 0.6) is 0 Å². The molecule has 0 aliphatic carbocycles. The smallest absolute Gasteiger partial charge is 0.337 e. The van der Waals surface area contributed by atoms with Crippen molar-refractivity contribution in [3.63, 3.8) is 0 Å². The number of rotatable bonds is 4. The van der Waals surface area contributed by atoms with Gasteiger partial charge in [0.15, 0.2) is 0 Å². The minimum atomic E-state index is -0.883. The fourth-order valence-corrected chi connectivity index (χ4v) is 3.03. The highest BCUT2D eigenvalue weighted by atomic mass is 79.9. The first kappa shape index (κ1) is 14.3. The SMILES string of the molecule is CN1CCC(CN(C)c2ccc(Br)cc2C(=O)O)C1. The molecule has 1 fully saturated rings. The van der Waals surface area contributed by atoms with Crippen molar-refractivity contribution in [2.45, 2.75) is 6.42 Å². The first-order chi connectivity index (χ1) is 8.97. The zero-order valence-corrected chi connectivity index (χ0v) is 12.9. The van der Waals surface area contributed by atoms with E-state index in [0.717, 1.165) is 29.8 Å². The molecule has 1 unspecified atom stereocenters. The molecule has 0 bridgehead atoms. The van der Waals surface area contributed by atoms with E-state index in [1.54, 1.807) is 6.07 Å². The largest absolute Gasteiger partial charge is 0.478 e. The average molecular weight is 327 g/mol. The maximum Gasteiger partial charge on any atom is 0.337 e. The monoisotopic (exact) mass is 326 g/mol. The molecule has 1 saturated heterocycles. The molecule has 104 valence electrons. The number of halogens is 1. The molecule has 0 aromatic heterocycles. The molecule has 4 nitrogen and oxygen atoms in total. The number of hydrogen-bond acceptors (Lipinski definition) is 3. The number of carboxylic acids is 1. The van der Waals surface area contributed by atoms with Gasteiger partial charge >= 0.3 is 5.97 Å². The lowest BCUT2D eigenvalue weighted by Crippen LogP contribution is -2.28. The van der Waals surface area contributed by atoms with Crippen molar-refractivity contribution >= 4 is 27.6 Å². The van der Waals surface area contributed by atoms with Gasteiger partial charge in [0.25, 0.3) is 0 Å². The normalized spacial score (nSPS) is 19.6.